The van der Waals surface area contributed by atoms with Crippen LogP contribution in [0.3, 0.4) is 0 Å². The molecule has 3 heterocycles. The lowest BCUT2D eigenvalue weighted by Crippen LogP contribution is -2.52. The fourth-order valence-corrected chi connectivity index (χ4v) is 4.62. The van der Waals surface area contributed by atoms with Crippen LogP contribution in [0.4, 0.5) is 10.1 Å². The van der Waals surface area contributed by atoms with Crippen molar-refractivity contribution in [2.75, 3.05) is 31.1 Å². The summed E-state index contributed by atoms with van der Waals surface area (Å²) < 4.78 is 15.8. The summed E-state index contributed by atoms with van der Waals surface area (Å²) in [5.41, 5.74) is 8.94. The number of halogens is 1. The van der Waals surface area contributed by atoms with E-state index in [1.807, 2.05) is 30.3 Å². The predicted octanol–water partition coefficient (Wildman–Crippen LogP) is 2.09. The molecule has 2 aromatic heterocycles. The Morgan fingerprint density at radius 1 is 1.16 bits per heavy atom. The van der Waals surface area contributed by atoms with E-state index >= 15 is 0 Å². The fourth-order valence-electron chi connectivity index (χ4n) is 4.62. The van der Waals surface area contributed by atoms with Crippen molar-refractivity contribution in [3.05, 3.63) is 69.8 Å². The summed E-state index contributed by atoms with van der Waals surface area (Å²) in [5, 5.41) is 20.7. The number of carbonyl (C=O) groups is 1. The molecular weight excluding hydrogens is 475 g/mol. The molecule has 0 saturated carbocycles. The minimum absolute atomic E-state index is 0.00458. The summed E-state index contributed by atoms with van der Waals surface area (Å²) in [6.45, 7) is 5.94. The van der Waals surface area contributed by atoms with E-state index in [2.05, 4.69) is 20.2 Å². The number of benzene rings is 2. The second kappa shape index (κ2) is 9.48. The second-order valence-corrected chi connectivity index (χ2v) is 9.11. The first kappa shape index (κ1) is 24.1. The molecule has 0 bridgehead atoms. The monoisotopic (exact) mass is 500 g/mol. The molecule has 5 rings (SSSR count). The van der Waals surface area contributed by atoms with Crippen molar-refractivity contribution < 1.29 is 9.18 Å². The van der Waals surface area contributed by atoms with Crippen LogP contribution in [0.15, 0.2) is 47.3 Å². The smallest absolute Gasteiger partial charge is 0.273 e. The number of amides is 1. The standard InChI is InChI=1S/C26H25FN8O2/c1-15-11-17(14-28)12-20(27)25(15)35-22(36)13-21-24(32-35)23(31-30-21)18-3-5-19(6-4-18)33-7-9-34(10-8-33)26(37)16(2)29/h3-6,11-13,16,30H,7-10,29H2,1-2H3/t16-/m0/s1. The van der Waals surface area contributed by atoms with Gasteiger partial charge in [-0.25, -0.2) is 4.39 Å². The average Bonchev–Trinajstić information content (AvgIpc) is 3.30. The topological polar surface area (TPSA) is 137 Å². The summed E-state index contributed by atoms with van der Waals surface area (Å²) in [6, 6.07) is 13.1. The van der Waals surface area contributed by atoms with Crippen molar-refractivity contribution in [1.29, 1.82) is 5.26 Å². The van der Waals surface area contributed by atoms with E-state index in [1.165, 1.54) is 12.1 Å². The summed E-state index contributed by atoms with van der Waals surface area (Å²) in [5.74, 6) is -0.745. The van der Waals surface area contributed by atoms with Gasteiger partial charge in [-0.15, -0.1) is 0 Å². The molecule has 0 unspecified atom stereocenters. The predicted molar refractivity (Wildman–Crippen MR) is 137 cm³/mol. The molecule has 1 amide bonds. The third-order valence-electron chi connectivity index (χ3n) is 6.53. The second-order valence-electron chi connectivity index (χ2n) is 9.11. The number of aromatic amines is 1. The highest BCUT2D eigenvalue weighted by atomic mass is 19.1. The zero-order valence-electron chi connectivity index (χ0n) is 20.4. The summed E-state index contributed by atoms with van der Waals surface area (Å²) in [7, 11) is 0. The maximum atomic E-state index is 14.8. The minimum atomic E-state index is -0.706. The maximum Gasteiger partial charge on any atom is 0.273 e. The Bertz CT molecular complexity index is 1570. The van der Waals surface area contributed by atoms with Gasteiger partial charge in [-0.1, -0.05) is 12.1 Å². The molecule has 37 heavy (non-hydrogen) atoms. The van der Waals surface area contributed by atoms with Crippen LogP contribution in [-0.4, -0.2) is 63.0 Å². The van der Waals surface area contributed by atoms with Gasteiger partial charge in [0.2, 0.25) is 5.91 Å². The van der Waals surface area contributed by atoms with Gasteiger partial charge in [0.05, 0.1) is 23.2 Å². The molecule has 0 radical (unpaired) electrons. The van der Waals surface area contributed by atoms with Crippen molar-refractivity contribution in [1.82, 2.24) is 24.9 Å². The molecule has 10 nitrogen and oxygen atoms in total. The maximum absolute atomic E-state index is 14.8. The number of nitriles is 1. The number of nitrogens with zero attached hydrogens (tertiary/aromatic N) is 6. The number of nitrogens with two attached hydrogens (primary N) is 1. The Morgan fingerprint density at radius 3 is 2.49 bits per heavy atom. The number of nitrogens with one attached hydrogen (secondary N) is 1. The Labute approximate surface area is 211 Å². The van der Waals surface area contributed by atoms with Crippen LogP contribution < -0.4 is 16.2 Å². The molecule has 1 aliphatic heterocycles. The number of anilines is 1. The molecule has 11 heteroatoms. The van der Waals surface area contributed by atoms with Crippen LogP contribution in [0.25, 0.3) is 28.0 Å². The number of aryl methyl sites for hydroxylation is 1. The van der Waals surface area contributed by atoms with Crippen molar-refractivity contribution in [2.24, 2.45) is 5.73 Å². The van der Waals surface area contributed by atoms with Gasteiger partial charge in [0.1, 0.15) is 16.9 Å². The quantitative estimate of drug-likeness (QED) is 0.438. The molecule has 1 aliphatic rings. The highest BCUT2D eigenvalue weighted by Gasteiger charge is 2.23. The van der Waals surface area contributed by atoms with Crippen LogP contribution in [0.5, 0.6) is 0 Å². The lowest BCUT2D eigenvalue weighted by molar-refractivity contribution is -0.132. The normalized spacial score (nSPS) is 14.6. The summed E-state index contributed by atoms with van der Waals surface area (Å²) >= 11 is 0. The molecule has 0 spiro atoms. The number of hydrogen-bond donors (Lipinski definition) is 2. The number of piperazine rings is 1. The van der Waals surface area contributed by atoms with Crippen LogP contribution in [0.1, 0.15) is 18.1 Å². The molecule has 1 atom stereocenters. The number of carbonyl (C=O) groups excluding carboxylic acids is 1. The van der Waals surface area contributed by atoms with Crippen LogP contribution >= 0.6 is 0 Å². The number of aromatic nitrogens is 4. The first-order valence-corrected chi connectivity index (χ1v) is 11.9. The zero-order valence-corrected chi connectivity index (χ0v) is 20.4. The van der Waals surface area contributed by atoms with Gasteiger partial charge in [0, 0.05) is 43.5 Å². The Balaban J connectivity index is 1.44. The summed E-state index contributed by atoms with van der Waals surface area (Å²) in [4.78, 5) is 28.9. The summed E-state index contributed by atoms with van der Waals surface area (Å²) in [6.07, 6.45) is 0. The minimum Gasteiger partial charge on any atom is -0.368 e. The zero-order chi connectivity index (χ0) is 26.3. The van der Waals surface area contributed by atoms with Crippen molar-refractivity contribution in [3.8, 4) is 23.0 Å². The SMILES string of the molecule is Cc1cc(C#N)cc(F)c1-n1nc2c(-c3ccc(N4CCN(C(=O)[C@H](C)N)CC4)cc3)n[nH]c2cc1=O. The van der Waals surface area contributed by atoms with E-state index in [0.717, 1.165) is 22.0 Å². The Kier molecular flexibility index (Phi) is 6.19. The van der Waals surface area contributed by atoms with Crippen molar-refractivity contribution in [2.45, 2.75) is 19.9 Å². The third-order valence-corrected chi connectivity index (χ3v) is 6.53. The van der Waals surface area contributed by atoms with E-state index in [4.69, 9.17) is 11.0 Å². The first-order valence-electron chi connectivity index (χ1n) is 11.9. The molecule has 1 fully saturated rings. The number of hydrogen-bond acceptors (Lipinski definition) is 7. The van der Waals surface area contributed by atoms with Gasteiger partial charge in [-0.05, 0) is 43.7 Å². The molecule has 2 aromatic carbocycles. The third kappa shape index (κ3) is 4.43. The first-order chi connectivity index (χ1) is 17.8. The average molecular weight is 501 g/mol. The molecule has 0 aliphatic carbocycles. The van der Waals surface area contributed by atoms with Gasteiger partial charge in [0.25, 0.3) is 5.56 Å². The molecule has 3 N–H and O–H groups in total. The van der Waals surface area contributed by atoms with Gasteiger partial charge in [-0.3, -0.25) is 14.7 Å². The number of fused-ring (bicyclic) bond motifs is 1. The fraction of sp³-hybridized carbons (Fsp3) is 0.269. The van der Waals surface area contributed by atoms with Crippen LogP contribution in [0, 0.1) is 24.1 Å². The lowest BCUT2D eigenvalue weighted by atomic mass is 10.1. The number of rotatable bonds is 4. The van der Waals surface area contributed by atoms with Gasteiger partial charge < -0.3 is 15.5 Å². The van der Waals surface area contributed by atoms with Crippen molar-refractivity contribution >= 4 is 22.6 Å². The highest BCUT2D eigenvalue weighted by molar-refractivity contribution is 5.89. The molecule has 1 saturated heterocycles. The van der Waals surface area contributed by atoms with Crippen molar-refractivity contribution in [3.63, 3.8) is 0 Å². The molecule has 188 valence electrons. The number of H-pyrrole nitrogens is 1. The lowest BCUT2D eigenvalue weighted by Gasteiger charge is -2.36. The van der Waals surface area contributed by atoms with Crippen LogP contribution in [-0.2, 0) is 4.79 Å². The largest absolute Gasteiger partial charge is 0.368 e. The molecular formula is C26H25FN8O2. The van der Waals surface area contributed by atoms with Gasteiger partial charge in [0.15, 0.2) is 5.82 Å². The van der Waals surface area contributed by atoms with E-state index in [0.29, 0.717) is 48.5 Å². The van der Waals surface area contributed by atoms with Crippen LogP contribution in [0.2, 0.25) is 0 Å². The Morgan fingerprint density at radius 2 is 1.86 bits per heavy atom. The van der Waals surface area contributed by atoms with Gasteiger partial charge >= 0.3 is 0 Å². The van der Waals surface area contributed by atoms with Gasteiger partial charge in [-0.2, -0.15) is 20.1 Å². The van der Waals surface area contributed by atoms with E-state index in [1.54, 1.807) is 18.7 Å². The van der Waals surface area contributed by atoms with E-state index < -0.39 is 17.4 Å². The Hall–Kier alpha value is -4.56. The highest BCUT2D eigenvalue weighted by Crippen LogP contribution is 2.28. The van der Waals surface area contributed by atoms with E-state index in [9.17, 15) is 14.0 Å². The van der Waals surface area contributed by atoms with E-state index in [-0.39, 0.29) is 17.2 Å². The molecule has 4 aromatic rings.